The predicted molar refractivity (Wildman–Crippen MR) is 165 cm³/mol. The summed E-state index contributed by atoms with van der Waals surface area (Å²) in [6.45, 7) is 4.95. The molecule has 0 amide bonds. The van der Waals surface area contributed by atoms with E-state index in [0.717, 1.165) is 37.6 Å². The molecule has 0 bridgehead atoms. The average molecular weight is 589 g/mol. The van der Waals surface area contributed by atoms with E-state index in [1.165, 1.54) is 60.9 Å². The number of aromatic hydroxyl groups is 1. The van der Waals surface area contributed by atoms with Crippen LogP contribution in [-0.4, -0.2) is 23.7 Å². The second kappa shape index (κ2) is 13.8. The van der Waals surface area contributed by atoms with E-state index in [-0.39, 0.29) is 16.0 Å². The molecular formula is C27H24O3S6. The summed E-state index contributed by atoms with van der Waals surface area (Å²) in [5, 5.41) is 10.9. The summed E-state index contributed by atoms with van der Waals surface area (Å²) in [5.41, 5.74) is 4.31. The summed E-state index contributed by atoms with van der Waals surface area (Å²) in [7, 11) is 0. The summed E-state index contributed by atoms with van der Waals surface area (Å²) in [5.74, 6) is 1.32. The highest BCUT2D eigenvalue weighted by molar-refractivity contribution is 8.23. The Balaban J connectivity index is 1.77. The van der Waals surface area contributed by atoms with Gasteiger partial charge in [-0.1, -0.05) is 96.5 Å². The fourth-order valence-corrected chi connectivity index (χ4v) is 7.55. The van der Waals surface area contributed by atoms with Crippen LogP contribution >= 0.6 is 71.5 Å². The van der Waals surface area contributed by atoms with Crippen molar-refractivity contribution < 1.29 is 14.7 Å². The van der Waals surface area contributed by atoms with Gasteiger partial charge in [-0.15, -0.1) is 23.5 Å². The van der Waals surface area contributed by atoms with Gasteiger partial charge in [0, 0.05) is 51.8 Å². The van der Waals surface area contributed by atoms with Crippen molar-refractivity contribution in [3.63, 3.8) is 0 Å². The first-order valence-electron chi connectivity index (χ1n) is 10.9. The summed E-state index contributed by atoms with van der Waals surface area (Å²) >= 11 is 16.7. The molecule has 9 heteroatoms. The number of thioether (sulfide) groups is 4. The van der Waals surface area contributed by atoms with Crippen LogP contribution in [0.1, 0.15) is 41.7 Å². The van der Waals surface area contributed by atoms with E-state index in [1.54, 1.807) is 0 Å². The number of phenolic OH excluding ortho intramolecular Hbond substituents is 1. The maximum atomic E-state index is 11.6. The van der Waals surface area contributed by atoms with Crippen molar-refractivity contribution in [3.05, 3.63) is 88.5 Å². The largest absolute Gasteiger partial charge is 0.507 e. The molecule has 0 radical (unpaired) electrons. The summed E-state index contributed by atoms with van der Waals surface area (Å²) in [6, 6.07) is 19.2. The smallest absolute Gasteiger partial charge is 0.190 e. The van der Waals surface area contributed by atoms with Gasteiger partial charge in [-0.25, -0.2) is 0 Å². The highest BCUT2D eigenvalue weighted by Crippen LogP contribution is 2.36. The van der Waals surface area contributed by atoms with E-state index in [9.17, 15) is 14.7 Å². The Hall–Kier alpha value is -1.62. The lowest BCUT2D eigenvalue weighted by Gasteiger charge is -2.15. The van der Waals surface area contributed by atoms with E-state index < -0.39 is 0 Å². The zero-order valence-electron chi connectivity index (χ0n) is 19.9. The number of rotatable bonds is 8. The highest BCUT2D eigenvalue weighted by Gasteiger charge is 2.17. The number of carbonyl (C=O) groups is 2. The molecule has 0 spiro atoms. The van der Waals surface area contributed by atoms with E-state index in [2.05, 4.69) is 0 Å². The average Bonchev–Trinajstić information content (AvgIpc) is 2.83. The third-order valence-electron chi connectivity index (χ3n) is 5.01. The van der Waals surface area contributed by atoms with E-state index in [0.29, 0.717) is 19.9 Å². The Labute approximate surface area is 239 Å². The second-order valence-corrected chi connectivity index (χ2v) is 13.4. The molecule has 0 aliphatic carbocycles. The fraction of sp³-hybridized carbons (Fsp3) is 0.185. The number of thiocarbonyl (C=S) groups is 2. The van der Waals surface area contributed by atoms with Crippen molar-refractivity contribution in [1.29, 1.82) is 0 Å². The number of benzene rings is 3. The van der Waals surface area contributed by atoms with Crippen LogP contribution in [0.15, 0.2) is 70.5 Å². The van der Waals surface area contributed by atoms with Crippen molar-refractivity contribution in [2.75, 3.05) is 0 Å². The van der Waals surface area contributed by atoms with Crippen molar-refractivity contribution in [1.82, 2.24) is 0 Å². The lowest BCUT2D eigenvalue weighted by atomic mass is 10.1. The quantitative estimate of drug-likeness (QED) is 0.207. The first-order chi connectivity index (χ1) is 17.2. The number of hydrogen-bond donors (Lipinski definition) is 1. The van der Waals surface area contributed by atoms with Gasteiger partial charge in [0.1, 0.15) is 5.75 Å². The van der Waals surface area contributed by atoms with Gasteiger partial charge in [0.05, 0.1) is 8.39 Å². The van der Waals surface area contributed by atoms with Crippen LogP contribution in [0, 0.1) is 6.92 Å². The molecule has 0 atom stereocenters. The molecule has 1 N–H and O–H groups in total. The molecule has 0 unspecified atom stereocenters. The van der Waals surface area contributed by atoms with Gasteiger partial charge < -0.3 is 5.11 Å². The Kier molecular flexibility index (Phi) is 11.1. The molecule has 0 aliphatic rings. The number of phenols is 1. The standard InChI is InChI=1S/C27H24O3S6/c1-16-12-13-19(14-33-26(31)20-8-4-6-10-23(20)35-17(2)28)22(25(16)30)15-34-27(32)21-9-5-7-11-24(21)36-18(3)29/h4-13,30H,14-15H2,1-3H3. The minimum Gasteiger partial charge on any atom is -0.507 e. The molecule has 0 heterocycles. The molecule has 3 aromatic rings. The van der Waals surface area contributed by atoms with Crippen LogP contribution in [-0.2, 0) is 21.1 Å². The number of hydrogen-bond acceptors (Lipinski definition) is 9. The summed E-state index contributed by atoms with van der Waals surface area (Å²) in [6.07, 6.45) is 0. The molecule has 186 valence electrons. The second-order valence-electron chi connectivity index (χ2n) is 7.70. The Morgan fingerprint density at radius 2 is 1.22 bits per heavy atom. The maximum Gasteiger partial charge on any atom is 0.190 e. The van der Waals surface area contributed by atoms with Crippen LogP contribution in [0.3, 0.4) is 0 Å². The molecule has 3 rings (SSSR count). The van der Waals surface area contributed by atoms with Gasteiger partial charge in [0.15, 0.2) is 10.2 Å². The van der Waals surface area contributed by atoms with Gasteiger partial charge in [0.25, 0.3) is 0 Å². The van der Waals surface area contributed by atoms with E-state index in [1.807, 2.05) is 67.6 Å². The third kappa shape index (κ3) is 7.94. The molecule has 0 saturated carbocycles. The molecule has 3 nitrogen and oxygen atoms in total. The molecular weight excluding hydrogens is 565 g/mol. The third-order valence-corrected chi connectivity index (χ3v) is 9.74. The first kappa shape index (κ1) is 28.9. The molecule has 0 fully saturated rings. The molecule has 0 saturated heterocycles. The predicted octanol–water partition coefficient (Wildman–Crippen LogP) is 8.20. The van der Waals surface area contributed by atoms with Crippen molar-refractivity contribution in [3.8, 4) is 5.75 Å². The normalized spacial score (nSPS) is 10.8. The minimum absolute atomic E-state index is 0.00475. The van der Waals surface area contributed by atoms with Gasteiger partial charge in [0.2, 0.25) is 0 Å². The zero-order valence-corrected chi connectivity index (χ0v) is 24.8. The summed E-state index contributed by atoms with van der Waals surface area (Å²) < 4.78 is 1.37. The Morgan fingerprint density at radius 3 is 1.72 bits per heavy atom. The van der Waals surface area contributed by atoms with Crippen molar-refractivity contribution in [2.24, 2.45) is 0 Å². The molecule has 0 aromatic heterocycles. The lowest BCUT2D eigenvalue weighted by molar-refractivity contribution is -0.109. The molecule has 3 aromatic carbocycles. The van der Waals surface area contributed by atoms with Crippen LogP contribution in [0.4, 0.5) is 0 Å². The van der Waals surface area contributed by atoms with Crippen LogP contribution in [0.25, 0.3) is 0 Å². The minimum atomic E-state index is 0.00475. The van der Waals surface area contributed by atoms with E-state index in [4.69, 9.17) is 24.4 Å². The molecule has 0 aliphatic heterocycles. The Bertz CT molecular complexity index is 1320. The lowest BCUT2D eigenvalue weighted by Crippen LogP contribution is -2.01. The van der Waals surface area contributed by atoms with Gasteiger partial charge in [-0.3, -0.25) is 9.59 Å². The van der Waals surface area contributed by atoms with Gasteiger partial charge in [-0.2, -0.15) is 0 Å². The fourth-order valence-electron chi connectivity index (χ4n) is 3.29. The van der Waals surface area contributed by atoms with Crippen LogP contribution < -0.4 is 0 Å². The number of carbonyl (C=O) groups excluding carboxylic acids is 2. The van der Waals surface area contributed by atoms with Gasteiger partial charge >= 0.3 is 0 Å². The highest BCUT2D eigenvalue weighted by atomic mass is 32.2. The van der Waals surface area contributed by atoms with Crippen molar-refractivity contribution >= 4 is 90.1 Å². The van der Waals surface area contributed by atoms with Crippen molar-refractivity contribution in [2.45, 2.75) is 42.1 Å². The zero-order chi connectivity index (χ0) is 26.2. The SMILES string of the molecule is CC(=O)Sc1ccccc1C(=S)SCc1ccc(C)c(O)c1CSC(=S)c1ccccc1SC(C)=O. The summed E-state index contributed by atoms with van der Waals surface area (Å²) in [4.78, 5) is 25.0. The Morgan fingerprint density at radius 1 is 0.750 bits per heavy atom. The van der Waals surface area contributed by atoms with Crippen LogP contribution in [0.5, 0.6) is 5.75 Å². The first-order valence-corrected chi connectivity index (χ1v) is 15.3. The van der Waals surface area contributed by atoms with E-state index >= 15 is 0 Å². The maximum absolute atomic E-state index is 11.6. The number of aryl methyl sites for hydroxylation is 1. The van der Waals surface area contributed by atoms with Crippen LogP contribution in [0.2, 0.25) is 0 Å². The molecule has 36 heavy (non-hydrogen) atoms. The topological polar surface area (TPSA) is 54.4 Å². The van der Waals surface area contributed by atoms with Gasteiger partial charge in [-0.05, 0) is 30.2 Å². The monoisotopic (exact) mass is 588 g/mol.